The van der Waals surface area contributed by atoms with E-state index in [-0.39, 0.29) is 6.61 Å². The standard InChI is InChI=1S/C10H9NOS/c12-7-8-3-1-4-9(11-8)10-5-2-6-13-10/h1-6,12H,7H2. The number of nitrogens with zero attached hydrogens (tertiary/aromatic N) is 1. The summed E-state index contributed by atoms with van der Waals surface area (Å²) in [6.07, 6.45) is 0. The Morgan fingerprint density at radius 3 is 2.85 bits per heavy atom. The third-order valence-electron chi connectivity index (χ3n) is 1.74. The molecule has 0 radical (unpaired) electrons. The van der Waals surface area contributed by atoms with Crippen molar-refractivity contribution in [2.24, 2.45) is 0 Å². The normalized spacial score (nSPS) is 10.2. The molecule has 2 nitrogen and oxygen atoms in total. The van der Waals surface area contributed by atoms with Gasteiger partial charge in [-0.2, -0.15) is 0 Å². The van der Waals surface area contributed by atoms with E-state index in [0.717, 1.165) is 10.6 Å². The van der Waals surface area contributed by atoms with Gasteiger partial charge in [-0.1, -0.05) is 12.1 Å². The summed E-state index contributed by atoms with van der Waals surface area (Å²) < 4.78 is 0. The number of aliphatic hydroxyl groups is 1. The minimum atomic E-state index is -0.000779. The van der Waals surface area contributed by atoms with Crippen LogP contribution in [0.4, 0.5) is 0 Å². The van der Waals surface area contributed by atoms with E-state index < -0.39 is 0 Å². The van der Waals surface area contributed by atoms with Crippen molar-refractivity contribution in [3.8, 4) is 10.6 Å². The Bertz CT molecular complexity index is 384. The second-order valence-electron chi connectivity index (χ2n) is 2.65. The first-order valence-corrected chi connectivity index (χ1v) is 4.89. The average Bonchev–Trinajstić information content (AvgIpc) is 2.71. The number of thiophene rings is 1. The van der Waals surface area contributed by atoms with Gasteiger partial charge in [0.15, 0.2) is 0 Å². The fraction of sp³-hybridized carbons (Fsp3) is 0.100. The first kappa shape index (κ1) is 8.41. The van der Waals surface area contributed by atoms with Gasteiger partial charge in [0.25, 0.3) is 0 Å². The molecule has 2 aromatic rings. The zero-order valence-electron chi connectivity index (χ0n) is 6.97. The molecule has 1 N–H and O–H groups in total. The molecule has 3 heteroatoms. The molecule has 2 heterocycles. The molecule has 66 valence electrons. The minimum absolute atomic E-state index is 0.000779. The van der Waals surface area contributed by atoms with E-state index in [1.165, 1.54) is 0 Å². The van der Waals surface area contributed by atoms with E-state index in [4.69, 9.17) is 5.11 Å². The minimum Gasteiger partial charge on any atom is -0.390 e. The van der Waals surface area contributed by atoms with Gasteiger partial charge in [0.05, 0.1) is 22.9 Å². The lowest BCUT2D eigenvalue weighted by molar-refractivity contribution is 0.277. The van der Waals surface area contributed by atoms with Crippen LogP contribution in [-0.2, 0) is 6.61 Å². The molecule has 0 atom stereocenters. The number of aliphatic hydroxyl groups excluding tert-OH is 1. The number of rotatable bonds is 2. The molecular formula is C10H9NOS. The Morgan fingerprint density at radius 1 is 1.23 bits per heavy atom. The highest BCUT2D eigenvalue weighted by Crippen LogP contribution is 2.22. The molecular weight excluding hydrogens is 182 g/mol. The molecule has 0 unspecified atom stereocenters. The maximum absolute atomic E-state index is 8.90. The molecule has 0 saturated carbocycles. The molecule has 0 aliphatic rings. The predicted octanol–water partition coefficient (Wildman–Crippen LogP) is 2.30. The Kier molecular flexibility index (Phi) is 2.38. The van der Waals surface area contributed by atoms with Crippen LogP contribution in [0, 0.1) is 0 Å². The van der Waals surface area contributed by atoms with Crippen molar-refractivity contribution < 1.29 is 5.11 Å². The monoisotopic (exact) mass is 191 g/mol. The molecule has 0 aromatic carbocycles. The number of aromatic nitrogens is 1. The molecule has 0 bridgehead atoms. The van der Waals surface area contributed by atoms with Crippen LogP contribution in [0.5, 0.6) is 0 Å². The molecule has 13 heavy (non-hydrogen) atoms. The molecule has 0 aliphatic carbocycles. The molecule has 0 amide bonds. The van der Waals surface area contributed by atoms with Gasteiger partial charge >= 0.3 is 0 Å². The fourth-order valence-corrected chi connectivity index (χ4v) is 1.82. The highest BCUT2D eigenvalue weighted by Gasteiger charge is 2.00. The van der Waals surface area contributed by atoms with Gasteiger partial charge in [0, 0.05) is 0 Å². The van der Waals surface area contributed by atoms with Crippen LogP contribution in [0.25, 0.3) is 10.6 Å². The SMILES string of the molecule is OCc1cccc(-c2cccs2)n1. The molecule has 0 spiro atoms. The van der Waals surface area contributed by atoms with Gasteiger partial charge in [0.2, 0.25) is 0 Å². The quantitative estimate of drug-likeness (QED) is 0.790. The number of pyridine rings is 1. The Labute approximate surface area is 80.5 Å². The summed E-state index contributed by atoms with van der Waals surface area (Å²) in [6, 6.07) is 9.69. The Hall–Kier alpha value is -1.19. The van der Waals surface area contributed by atoms with E-state index in [1.54, 1.807) is 11.3 Å². The highest BCUT2D eigenvalue weighted by atomic mass is 32.1. The second-order valence-corrected chi connectivity index (χ2v) is 3.60. The average molecular weight is 191 g/mol. The molecule has 2 rings (SSSR count). The van der Waals surface area contributed by atoms with Crippen LogP contribution in [0.2, 0.25) is 0 Å². The van der Waals surface area contributed by atoms with E-state index in [0.29, 0.717) is 5.69 Å². The third kappa shape index (κ3) is 1.76. The van der Waals surface area contributed by atoms with Crippen molar-refractivity contribution in [2.45, 2.75) is 6.61 Å². The number of hydrogen-bond acceptors (Lipinski definition) is 3. The maximum Gasteiger partial charge on any atom is 0.0853 e. The van der Waals surface area contributed by atoms with Crippen LogP contribution >= 0.6 is 11.3 Å². The van der Waals surface area contributed by atoms with Gasteiger partial charge < -0.3 is 5.11 Å². The van der Waals surface area contributed by atoms with Crippen molar-refractivity contribution in [2.75, 3.05) is 0 Å². The lowest BCUT2D eigenvalue weighted by Crippen LogP contribution is -1.89. The highest BCUT2D eigenvalue weighted by molar-refractivity contribution is 7.13. The zero-order valence-corrected chi connectivity index (χ0v) is 7.79. The summed E-state index contributed by atoms with van der Waals surface area (Å²) in [7, 11) is 0. The fourth-order valence-electron chi connectivity index (χ4n) is 1.13. The van der Waals surface area contributed by atoms with E-state index >= 15 is 0 Å². The lowest BCUT2D eigenvalue weighted by Gasteiger charge is -1.98. The van der Waals surface area contributed by atoms with Gasteiger partial charge in [0.1, 0.15) is 0 Å². The van der Waals surface area contributed by atoms with E-state index in [1.807, 2.05) is 35.7 Å². The van der Waals surface area contributed by atoms with E-state index in [2.05, 4.69) is 4.98 Å². The van der Waals surface area contributed by atoms with Crippen molar-refractivity contribution >= 4 is 11.3 Å². The third-order valence-corrected chi connectivity index (χ3v) is 2.63. The summed E-state index contributed by atoms with van der Waals surface area (Å²) >= 11 is 1.65. The smallest absolute Gasteiger partial charge is 0.0853 e. The van der Waals surface area contributed by atoms with Crippen molar-refractivity contribution in [3.63, 3.8) is 0 Å². The van der Waals surface area contributed by atoms with E-state index in [9.17, 15) is 0 Å². The van der Waals surface area contributed by atoms with Crippen LogP contribution in [-0.4, -0.2) is 10.1 Å². The lowest BCUT2D eigenvalue weighted by atomic mass is 10.3. The maximum atomic E-state index is 8.90. The zero-order chi connectivity index (χ0) is 9.10. The van der Waals surface area contributed by atoms with Crippen molar-refractivity contribution in [1.29, 1.82) is 0 Å². The van der Waals surface area contributed by atoms with Gasteiger partial charge in [-0.3, -0.25) is 0 Å². The molecule has 2 aromatic heterocycles. The summed E-state index contributed by atoms with van der Waals surface area (Å²) in [5.74, 6) is 0. The first-order chi connectivity index (χ1) is 6.40. The summed E-state index contributed by atoms with van der Waals surface area (Å²) in [4.78, 5) is 5.43. The van der Waals surface area contributed by atoms with Crippen molar-refractivity contribution in [3.05, 3.63) is 41.4 Å². The largest absolute Gasteiger partial charge is 0.390 e. The van der Waals surface area contributed by atoms with Crippen LogP contribution in [0.3, 0.4) is 0 Å². The van der Waals surface area contributed by atoms with Gasteiger partial charge in [-0.15, -0.1) is 11.3 Å². The van der Waals surface area contributed by atoms with Crippen LogP contribution in [0.15, 0.2) is 35.7 Å². The molecule has 0 saturated heterocycles. The Morgan fingerprint density at radius 2 is 2.15 bits per heavy atom. The van der Waals surface area contributed by atoms with Crippen molar-refractivity contribution in [1.82, 2.24) is 4.98 Å². The second kappa shape index (κ2) is 3.68. The summed E-state index contributed by atoms with van der Waals surface area (Å²) in [5, 5.41) is 10.9. The Balaban J connectivity index is 2.41. The number of hydrogen-bond donors (Lipinski definition) is 1. The van der Waals surface area contributed by atoms with Crippen LogP contribution in [0.1, 0.15) is 5.69 Å². The molecule has 0 fully saturated rings. The van der Waals surface area contributed by atoms with Gasteiger partial charge in [-0.25, -0.2) is 4.98 Å². The van der Waals surface area contributed by atoms with Gasteiger partial charge in [-0.05, 0) is 23.6 Å². The van der Waals surface area contributed by atoms with Crippen LogP contribution < -0.4 is 0 Å². The summed E-state index contributed by atoms with van der Waals surface area (Å²) in [5.41, 5.74) is 1.65. The molecule has 0 aliphatic heterocycles. The summed E-state index contributed by atoms with van der Waals surface area (Å²) in [6.45, 7) is -0.000779. The topological polar surface area (TPSA) is 33.1 Å². The predicted molar refractivity (Wildman–Crippen MR) is 53.5 cm³/mol. The first-order valence-electron chi connectivity index (χ1n) is 4.01.